The normalized spacial score (nSPS) is 15.7. The molecule has 2 nitrogen and oxygen atoms in total. The van der Waals surface area contributed by atoms with Gasteiger partial charge in [0.15, 0.2) is 0 Å². The average molecular weight is 345 g/mol. The maximum Gasteiger partial charge on any atom is 0.343 e. The van der Waals surface area contributed by atoms with E-state index in [-0.39, 0.29) is 5.97 Å². The van der Waals surface area contributed by atoms with Crippen LogP contribution in [0.4, 0.5) is 0 Å². The van der Waals surface area contributed by atoms with E-state index in [2.05, 4.69) is 0 Å². The molecule has 0 unspecified atom stereocenters. The number of halogens is 2. The van der Waals surface area contributed by atoms with Gasteiger partial charge in [-0.1, -0.05) is 47.0 Å². The van der Waals surface area contributed by atoms with Crippen molar-refractivity contribution in [2.24, 2.45) is 0 Å². The van der Waals surface area contributed by atoms with E-state index in [0.29, 0.717) is 21.4 Å². The summed E-state index contributed by atoms with van der Waals surface area (Å²) in [5, 5.41) is 1.05. The molecule has 116 valence electrons. The lowest BCUT2D eigenvalue weighted by Crippen LogP contribution is -1.98. The number of benzene rings is 2. The third-order valence-corrected chi connectivity index (χ3v) is 4.22. The molecule has 0 N–H and O–H groups in total. The van der Waals surface area contributed by atoms with Crippen molar-refractivity contribution in [1.29, 1.82) is 0 Å². The van der Waals surface area contributed by atoms with Crippen LogP contribution in [0.2, 0.25) is 10.0 Å². The molecule has 0 spiro atoms. The van der Waals surface area contributed by atoms with Crippen molar-refractivity contribution in [2.45, 2.75) is 13.8 Å². The van der Waals surface area contributed by atoms with Gasteiger partial charge < -0.3 is 4.74 Å². The Morgan fingerprint density at radius 2 is 1.83 bits per heavy atom. The number of rotatable bonds is 2. The van der Waals surface area contributed by atoms with Gasteiger partial charge in [0, 0.05) is 15.6 Å². The molecule has 0 saturated carbocycles. The molecule has 0 atom stereocenters. The summed E-state index contributed by atoms with van der Waals surface area (Å²) in [6.45, 7) is 3.99. The van der Waals surface area contributed by atoms with Crippen LogP contribution in [-0.2, 0) is 9.53 Å². The smallest absolute Gasteiger partial charge is 0.343 e. The largest absolute Gasteiger partial charge is 0.422 e. The molecule has 3 rings (SSSR count). The minimum absolute atomic E-state index is 0.382. The summed E-state index contributed by atoms with van der Waals surface area (Å²) in [6.07, 6.45) is 3.45. The number of ether oxygens (including phenoxy) is 1. The third-order valence-electron chi connectivity index (χ3n) is 3.66. The molecule has 1 heterocycles. The number of carbonyl (C=O) groups excluding carboxylic acids is 1. The first-order chi connectivity index (χ1) is 10.9. The van der Waals surface area contributed by atoms with Crippen LogP contribution in [-0.4, -0.2) is 5.97 Å². The van der Waals surface area contributed by atoms with Gasteiger partial charge in [-0.2, -0.15) is 0 Å². The Hall–Kier alpha value is -2.03. The molecule has 0 aromatic heterocycles. The van der Waals surface area contributed by atoms with Gasteiger partial charge >= 0.3 is 5.97 Å². The predicted molar refractivity (Wildman–Crippen MR) is 94.4 cm³/mol. The summed E-state index contributed by atoms with van der Waals surface area (Å²) in [4.78, 5) is 12.1. The summed E-state index contributed by atoms with van der Waals surface area (Å²) >= 11 is 12.0. The Labute approximate surface area is 145 Å². The SMILES string of the molecule is Cc1ccc(C)c(C2=C/C(=C\c3ccc(Cl)cc3Cl)C(=O)O2)c1. The fraction of sp³-hybridized carbons (Fsp3) is 0.105. The first-order valence-corrected chi connectivity index (χ1v) is 7.88. The first kappa shape index (κ1) is 15.9. The molecule has 0 saturated heterocycles. The van der Waals surface area contributed by atoms with E-state index in [1.165, 1.54) is 0 Å². The maximum atomic E-state index is 12.1. The molecular weight excluding hydrogens is 331 g/mol. The summed E-state index contributed by atoms with van der Waals surface area (Å²) in [5.74, 6) is 0.180. The van der Waals surface area contributed by atoms with Gasteiger partial charge in [-0.3, -0.25) is 0 Å². The minimum Gasteiger partial charge on any atom is -0.422 e. The Morgan fingerprint density at radius 3 is 2.57 bits per heavy atom. The molecule has 2 aromatic carbocycles. The fourth-order valence-electron chi connectivity index (χ4n) is 2.41. The zero-order chi connectivity index (χ0) is 16.6. The highest BCUT2D eigenvalue weighted by molar-refractivity contribution is 6.35. The third kappa shape index (κ3) is 3.34. The van der Waals surface area contributed by atoms with Gasteiger partial charge in [-0.05, 0) is 55.3 Å². The van der Waals surface area contributed by atoms with Crippen LogP contribution in [0.5, 0.6) is 0 Å². The summed E-state index contributed by atoms with van der Waals surface area (Å²) in [7, 11) is 0. The highest BCUT2D eigenvalue weighted by Gasteiger charge is 2.23. The molecule has 0 bridgehead atoms. The van der Waals surface area contributed by atoms with Gasteiger partial charge in [-0.25, -0.2) is 4.79 Å². The maximum absolute atomic E-state index is 12.1. The molecule has 0 aliphatic carbocycles. The molecule has 0 fully saturated rings. The van der Waals surface area contributed by atoms with Gasteiger partial charge in [0.2, 0.25) is 0 Å². The number of cyclic esters (lactones) is 1. The number of hydrogen-bond donors (Lipinski definition) is 0. The van der Waals surface area contributed by atoms with E-state index in [1.54, 1.807) is 30.4 Å². The number of carbonyl (C=O) groups is 1. The molecule has 1 aliphatic heterocycles. The van der Waals surface area contributed by atoms with Crippen molar-refractivity contribution in [1.82, 2.24) is 0 Å². The molecule has 0 radical (unpaired) electrons. The predicted octanol–water partition coefficient (Wildman–Crippen LogP) is 5.59. The number of esters is 1. The second kappa shape index (κ2) is 6.23. The quantitative estimate of drug-likeness (QED) is 0.524. The van der Waals surface area contributed by atoms with E-state index in [9.17, 15) is 4.79 Å². The van der Waals surface area contributed by atoms with Gasteiger partial charge in [-0.15, -0.1) is 0 Å². The van der Waals surface area contributed by atoms with Gasteiger partial charge in [0.25, 0.3) is 0 Å². The Morgan fingerprint density at radius 1 is 1.04 bits per heavy atom. The summed E-state index contributed by atoms with van der Waals surface area (Å²) in [6, 6.07) is 11.2. The van der Waals surface area contributed by atoms with Gasteiger partial charge in [0.05, 0.1) is 5.57 Å². The summed E-state index contributed by atoms with van der Waals surface area (Å²) < 4.78 is 5.42. The topological polar surface area (TPSA) is 26.3 Å². The first-order valence-electron chi connectivity index (χ1n) is 7.12. The minimum atomic E-state index is -0.382. The molecule has 1 aliphatic rings. The molecular formula is C19H14Cl2O2. The van der Waals surface area contributed by atoms with Crippen molar-refractivity contribution >= 4 is 41.0 Å². The van der Waals surface area contributed by atoms with Crippen LogP contribution in [0.3, 0.4) is 0 Å². The Bertz CT molecular complexity index is 864. The highest BCUT2D eigenvalue weighted by atomic mass is 35.5. The lowest BCUT2D eigenvalue weighted by Gasteiger charge is -2.06. The van der Waals surface area contributed by atoms with E-state index < -0.39 is 0 Å². The Balaban J connectivity index is 2.01. The van der Waals surface area contributed by atoms with Crippen LogP contribution in [0.15, 0.2) is 48.0 Å². The van der Waals surface area contributed by atoms with Crippen molar-refractivity contribution in [3.8, 4) is 0 Å². The summed E-state index contributed by atoms with van der Waals surface area (Å²) in [5.41, 5.74) is 4.27. The average Bonchev–Trinajstić information content (AvgIpc) is 2.85. The van der Waals surface area contributed by atoms with Crippen molar-refractivity contribution in [2.75, 3.05) is 0 Å². The standard InChI is InChI=1S/C19H14Cl2O2/c1-11-3-4-12(2)16(7-11)18-9-14(19(22)23-18)8-13-5-6-15(20)10-17(13)21/h3-10H,1-2H3/b14-8+. The number of hydrogen-bond acceptors (Lipinski definition) is 2. The van der Waals surface area contributed by atoms with Crippen molar-refractivity contribution in [3.05, 3.63) is 80.3 Å². The van der Waals surface area contributed by atoms with Crippen LogP contribution >= 0.6 is 23.2 Å². The molecule has 0 amide bonds. The second-order valence-corrected chi connectivity index (χ2v) is 6.33. The zero-order valence-electron chi connectivity index (χ0n) is 12.7. The van der Waals surface area contributed by atoms with Crippen LogP contribution < -0.4 is 0 Å². The van der Waals surface area contributed by atoms with Crippen LogP contribution in [0, 0.1) is 13.8 Å². The molecule has 4 heteroatoms. The second-order valence-electron chi connectivity index (χ2n) is 5.48. The lowest BCUT2D eigenvalue weighted by atomic mass is 10.0. The Kier molecular flexibility index (Phi) is 4.29. The van der Waals surface area contributed by atoms with Crippen molar-refractivity contribution < 1.29 is 9.53 Å². The van der Waals surface area contributed by atoms with E-state index in [1.807, 2.05) is 32.0 Å². The monoisotopic (exact) mass is 344 g/mol. The highest BCUT2D eigenvalue weighted by Crippen LogP contribution is 2.31. The van der Waals surface area contributed by atoms with E-state index in [0.717, 1.165) is 22.3 Å². The molecule has 2 aromatic rings. The molecule has 23 heavy (non-hydrogen) atoms. The fourth-order valence-corrected chi connectivity index (χ4v) is 2.87. The van der Waals surface area contributed by atoms with E-state index in [4.69, 9.17) is 27.9 Å². The van der Waals surface area contributed by atoms with E-state index >= 15 is 0 Å². The lowest BCUT2D eigenvalue weighted by molar-refractivity contribution is -0.130. The van der Waals surface area contributed by atoms with Crippen LogP contribution in [0.1, 0.15) is 22.3 Å². The van der Waals surface area contributed by atoms with Crippen LogP contribution in [0.25, 0.3) is 11.8 Å². The number of aryl methyl sites for hydroxylation is 2. The zero-order valence-corrected chi connectivity index (χ0v) is 14.2. The van der Waals surface area contributed by atoms with Crippen molar-refractivity contribution in [3.63, 3.8) is 0 Å². The van der Waals surface area contributed by atoms with Gasteiger partial charge in [0.1, 0.15) is 5.76 Å².